The van der Waals surface area contributed by atoms with Crippen LogP contribution in [0.5, 0.6) is 0 Å². The molecule has 1 saturated heterocycles. The van der Waals surface area contributed by atoms with Gasteiger partial charge >= 0.3 is 18.0 Å². The van der Waals surface area contributed by atoms with Gasteiger partial charge in [0, 0.05) is 31.3 Å². The van der Waals surface area contributed by atoms with Crippen molar-refractivity contribution in [2.75, 3.05) is 18.4 Å². The zero-order chi connectivity index (χ0) is 26.9. The summed E-state index contributed by atoms with van der Waals surface area (Å²) in [6, 6.07) is 3.87. The third-order valence-electron chi connectivity index (χ3n) is 6.79. The highest BCUT2D eigenvalue weighted by molar-refractivity contribution is 7.92. The minimum atomic E-state index is -6.35. The SMILES string of the molecule is CC(=O)N1CCC2(S(=O)(=O)c3ccc(F)cc3)c3ccc(C(F)(C(F)(F)F)C(F)(F)F)cc3NCC12. The van der Waals surface area contributed by atoms with Crippen LogP contribution in [-0.2, 0) is 25.0 Å². The van der Waals surface area contributed by atoms with Crippen molar-refractivity contribution in [3.8, 4) is 0 Å². The van der Waals surface area contributed by atoms with Crippen molar-refractivity contribution in [2.24, 2.45) is 0 Å². The molecule has 0 aromatic heterocycles. The summed E-state index contributed by atoms with van der Waals surface area (Å²) in [6.07, 6.45) is -13.0. The van der Waals surface area contributed by atoms with E-state index in [9.17, 15) is 48.3 Å². The fourth-order valence-electron chi connectivity index (χ4n) is 5.08. The Labute approximate surface area is 200 Å². The summed E-state index contributed by atoms with van der Waals surface area (Å²) >= 11 is 0. The number of rotatable bonds is 3. The standard InChI is InChI=1S/C22H18F8N2O3S/c1-12(33)32-9-8-19(36(34,35)15-5-3-14(23)4-6-15)16-7-2-13(10-17(16)31-11-18(19)32)20(24,21(25,26)27)22(28,29)30/h2-7,10,18,31H,8-9,11H2,1H3. The Morgan fingerprint density at radius 2 is 1.58 bits per heavy atom. The molecule has 5 nitrogen and oxygen atoms in total. The summed E-state index contributed by atoms with van der Waals surface area (Å²) in [5.74, 6) is -1.25. The van der Waals surface area contributed by atoms with E-state index < -0.39 is 61.6 Å². The Kier molecular flexibility index (Phi) is 5.85. The Hall–Kier alpha value is -2.90. The number of carbonyl (C=O) groups excluding carboxylic acids is 1. The molecule has 2 unspecified atom stereocenters. The van der Waals surface area contributed by atoms with E-state index in [2.05, 4.69) is 5.32 Å². The van der Waals surface area contributed by atoms with Gasteiger partial charge in [-0.2, -0.15) is 26.3 Å². The molecule has 0 saturated carbocycles. The maximum absolute atomic E-state index is 14.7. The predicted molar refractivity (Wildman–Crippen MR) is 111 cm³/mol. The van der Waals surface area contributed by atoms with Gasteiger partial charge in [-0.3, -0.25) is 4.79 Å². The molecular formula is C22H18F8N2O3S. The fraction of sp³-hybridized carbons (Fsp3) is 0.409. The lowest BCUT2D eigenvalue weighted by atomic mass is 9.83. The number of halogens is 8. The molecule has 196 valence electrons. The van der Waals surface area contributed by atoms with Gasteiger partial charge in [0.1, 0.15) is 10.6 Å². The summed E-state index contributed by atoms with van der Waals surface area (Å²) < 4.78 is 134. The highest BCUT2D eigenvalue weighted by atomic mass is 32.2. The largest absolute Gasteiger partial charge is 0.435 e. The number of hydrogen-bond acceptors (Lipinski definition) is 4. The topological polar surface area (TPSA) is 66.5 Å². The summed E-state index contributed by atoms with van der Waals surface area (Å²) in [7, 11) is -4.50. The molecular weight excluding hydrogens is 524 g/mol. The smallest absolute Gasteiger partial charge is 0.383 e. The molecule has 0 aliphatic carbocycles. The van der Waals surface area contributed by atoms with Crippen molar-refractivity contribution in [1.82, 2.24) is 4.90 Å². The number of alkyl halides is 7. The zero-order valence-electron chi connectivity index (χ0n) is 18.3. The van der Waals surface area contributed by atoms with Gasteiger partial charge in [0.05, 0.1) is 10.9 Å². The lowest BCUT2D eigenvalue weighted by molar-refractivity contribution is -0.348. The first-order valence-electron chi connectivity index (χ1n) is 10.5. The van der Waals surface area contributed by atoms with Crippen molar-refractivity contribution in [3.05, 3.63) is 59.4 Å². The van der Waals surface area contributed by atoms with Crippen LogP contribution in [0.4, 0.5) is 40.8 Å². The summed E-state index contributed by atoms with van der Waals surface area (Å²) in [6.45, 7) is 0.749. The van der Waals surface area contributed by atoms with Gasteiger partial charge in [-0.25, -0.2) is 17.2 Å². The third kappa shape index (κ3) is 3.47. The number of benzene rings is 2. The Bertz CT molecular complexity index is 1290. The molecule has 2 aliphatic rings. The first-order valence-corrected chi connectivity index (χ1v) is 12.0. The van der Waals surface area contributed by atoms with E-state index in [0.29, 0.717) is 12.1 Å². The van der Waals surface area contributed by atoms with Crippen molar-refractivity contribution >= 4 is 21.4 Å². The quantitative estimate of drug-likeness (QED) is 0.446. The van der Waals surface area contributed by atoms with Crippen LogP contribution in [0.15, 0.2) is 47.4 Å². The van der Waals surface area contributed by atoms with Crippen molar-refractivity contribution in [3.63, 3.8) is 0 Å². The molecule has 0 radical (unpaired) electrons. The number of nitrogens with one attached hydrogen (secondary N) is 1. The number of carbonyl (C=O) groups is 1. The number of anilines is 1. The second kappa shape index (κ2) is 8.05. The maximum atomic E-state index is 14.7. The summed E-state index contributed by atoms with van der Waals surface area (Å²) in [4.78, 5) is 13.1. The van der Waals surface area contributed by atoms with E-state index in [0.717, 1.165) is 24.3 Å². The minimum absolute atomic E-state index is 0.0819. The molecule has 1 amide bonds. The van der Waals surface area contributed by atoms with Gasteiger partial charge < -0.3 is 10.2 Å². The van der Waals surface area contributed by atoms with Crippen molar-refractivity contribution < 1.29 is 48.3 Å². The second-order valence-corrected chi connectivity index (χ2v) is 10.8. The third-order valence-corrected chi connectivity index (χ3v) is 9.33. The van der Waals surface area contributed by atoms with E-state index in [1.54, 1.807) is 0 Å². The van der Waals surface area contributed by atoms with Crippen LogP contribution in [0.2, 0.25) is 0 Å². The molecule has 1 fully saturated rings. The van der Waals surface area contributed by atoms with Gasteiger partial charge in [0.15, 0.2) is 9.84 Å². The van der Waals surface area contributed by atoms with Crippen molar-refractivity contribution in [1.29, 1.82) is 0 Å². The van der Waals surface area contributed by atoms with Crippen LogP contribution in [-0.4, -0.2) is 50.7 Å². The Balaban J connectivity index is 1.97. The summed E-state index contributed by atoms with van der Waals surface area (Å²) in [5.41, 5.74) is -8.15. The highest BCUT2D eigenvalue weighted by Gasteiger charge is 2.74. The Morgan fingerprint density at radius 3 is 2.11 bits per heavy atom. The highest BCUT2D eigenvalue weighted by Crippen LogP contribution is 2.56. The zero-order valence-corrected chi connectivity index (χ0v) is 19.2. The monoisotopic (exact) mass is 542 g/mol. The molecule has 36 heavy (non-hydrogen) atoms. The van der Waals surface area contributed by atoms with Crippen LogP contribution in [0, 0.1) is 5.82 Å². The molecule has 1 N–H and O–H groups in total. The predicted octanol–water partition coefficient (Wildman–Crippen LogP) is 4.83. The normalized spacial score (nSPS) is 22.6. The van der Waals surface area contributed by atoms with Crippen LogP contribution < -0.4 is 5.32 Å². The van der Waals surface area contributed by atoms with E-state index in [4.69, 9.17) is 0 Å². The molecule has 2 aromatic carbocycles. The number of sulfone groups is 1. The van der Waals surface area contributed by atoms with Gasteiger partial charge in [-0.05, 0) is 42.3 Å². The second-order valence-electron chi connectivity index (χ2n) is 8.62. The number of nitrogens with zero attached hydrogens (tertiary/aromatic N) is 1. The summed E-state index contributed by atoms with van der Waals surface area (Å²) in [5, 5.41) is 2.57. The van der Waals surface area contributed by atoms with Crippen LogP contribution in [0.3, 0.4) is 0 Å². The number of fused-ring (bicyclic) bond motifs is 3. The maximum Gasteiger partial charge on any atom is 0.435 e. The van der Waals surface area contributed by atoms with Crippen LogP contribution in [0.1, 0.15) is 24.5 Å². The first kappa shape index (κ1) is 26.2. The molecule has 2 aromatic rings. The van der Waals surface area contributed by atoms with Gasteiger partial charge in [-0.15, -0.1) is 0 Å². The average Bonchev–Trinajstić information content (AvgIpc) is 3.19. The molecule has 2 heterocycles. The molecule has 0 spiro atoms. The number of amides is 1. The number of hydrogen-bond donors (Lipinski definition) is 1. The Morgan fingerprint density at radius 1 is 1.00 bits per heavy atom. The van der Waals surface area contributed by atoms with E-state index >= 15 is 0 Å². The van der Waals surface area contributed by atoms with Crippen molar-refractivity contribution in [2.45, 2.75) is 47.1 Å². The molecule has 0 bridgehead atoms. The van der Waals surface area contributed by atoms with Gasteiger partial charge in [0.2, 0.25) is 5.91 Å². The van der Waals surface area contributed by atoms with Crippen LogP contribution >= 0.6 is 0 Å². The lowest BCUT2D eigenvalue weighted by Gasteiger charge is -2.43. The van der Waals surface area contributed by atoms with E-state index in [1.165, 1.54) is 11.8 Å². The molecule has 4 rings (SSSR count). The van der Waals surface area contributed by atoms with Crippen LogP contribution in [0.25, 0.3) is 0 Å². The minimum Gasteiger partial charge on any atom is -0.383 e. The van der Waals surface area contributed by atoms with Gasteiger partial charge in [-0.1, -0.05) is 12.1 Å². The molecule has 2 aliphatic heterocycles. The fourth-order valence-corrected chi connectivity index (χ4v) is 7.39. The molecule has 2 atom stereocenters. The first-order chi connectivity index (χ1) is 16.5. The number of likely N-dealkylation sites (tertiary alicyclic amines) is 1. The molecule has 14 heteroatoms. The lowest BCUT2D eigenvalue weighted by Crippen LogP contribution is -2.55. The van der Waals surface area contributed by atoms with Gasteiger partial charge in [0.25, 0.3) is 0 Å². The van der Waals surface area contributed by atoms with E-state index in [1.807, 2.05) is 0 Å². The average molecular weight is 542 g/mol. The van der Waals surface area contributed by atoms with E-state index in [-0.39, 0.29) is 36.0 Å².